The minimum absolute atomic E-state index is 0.0131. The number of amides is 1. The molecule has 1 unspecified atom stereocenters. The quantitative estimate of drug-likeness (QED) is 0.818. The van der Waals surface area contributed by atoms with E-state index in [0.717, 1.165) is 18.7 Å². The monoisotopic (exact) mass is 218 g/mol. The molecule has 16 heavy (non-hydrogen) atoms. The molecule has 0 aliphatic carbocycles. The summed E-state index contributed by atoms with van der Waals surface area (Å²) in [7, 11) is 1.84. The predicted molar refractivity (Wildman–Crippen MR) is 65.7 cm³/mol. The van der Waals surface area contributed by atoms with E-state index in [1.807, 2.05) is 11.9 Å². The van der Waals surface area contributed by atoms with Gasteiger partial charge in [0.05, 0.1) is 6.04 Å². The van der Waals surface area contributed by atoms with Crippen molar-refractivity contribution >= 4 is 11.6 Å². The maximum absolute atomic E-state index is 12.0. The third kappa shape index (κ3) is 1.95. The smallest absolute Gasteiger partial charge is 0.244 e. The Balaban J connectivity index is 2.28. The van der Waals surface area contributed by atoms with Crippen LogP contribution in [0.15, 0.2) is 18.2 Å². The van der Waals surface area contributed by atoms with Crippen molar-refractivity contribution in [3.05, 3.63) is 29.3 Å². The van der Waals surface area contributed by atoms with Crippen LogP contribution in [0.25, 0.3) is 0 Å². The molecule has 3 nitrogen and oxygen atoms in total. The number of rotatable bonds is 2. The molecule has 1 N–H and O–H groups in total. The van der Waals surface area contributed by atoms with Gasteiger partial charge in [0.15, 0.2) is 0 Å². The average Bonchev–Trinajstić information content (AvgIpc) is 2.58. The van der Waals surface area contributed by atoms with Crippen molar-refractivity contribution in [1.29, 1.82) is 0 Å². The van der Waals surface area contributed by atoms with Crippen molar-refractivity contribution in [3.63, 3.8) is 0 Å². The number of likely N-dealkylation sites (N-methyl/N-ethyl adjacent to an activating group) is 1. The van der Waals surface area contributed by atoms with Crippen LogP contribution in [0.3, 0.4) is 0 Å². The van der Waals surface area contributed by atoms with Crippen molar-refractivity contribution in [3.8, 4) is 0 Å². The van der Waals surface area contributed by atoms with E-state index in [0.29, 0.717) is 0 Å². The summed E-state index contributed by atoms with van der Waals surface area (Å²) >= 11 is 0. The van der Waals surface area contributed by atoms with E-state index >= 15 is 0 Å². The van der Waals surface area contributed by atoms with Gasteiger partial charge < -0.3 is 10.2 Å². The number of benzene rings is 1. The Bertz CT molecular complexity index is 394. The zero-order valence-electron chi connectivity index (χ0n) is 10.1. The Morgan fingerprint density at radius 3 is 2.38 bits per heavy atom. The fraction of sp³-hybridized carbons (Fsp3) is 0.462. The van der Waals surface area contributed by atoms with Gasteiger partial charge in [-0.05, 0) is 50.6 Å². The first kappa shape index (κ1) is 11.1. The van der Waals surface area contributed by atoms with Gasteiger partial charge in [-0.15, -0.1) is 0 Å². The summed E-state index contributed by atoms with van der Waals surface area (Å²) in [6.07, 6.45) is 0.891. The van der Waals surface area contributed by atoms with E-state index in [9.17, 15) is 4.79 Å². The molecule has 0 bridgehead atoms. The topological polar surface area (TPSA) is 32.3 Å². The second-order valence-corrected chi connectivity index (χ2v) is 4.47. The fourth-order valence-corrected chi connectivity index (χ4v) is 2.31. The summed E-state index contributed by atoms with van der Waals surface area (Å²) in [6, 6.07) is 6.26. The molecule has 1 aliphatic heterocycles. The zero-order chi connectivity index (χ0) is 11.7. The molecule has 1 aromatic carbocycles. The molecule has 86 valence electrons. The van der Waals surface area contributed by atoms with Crippen LogP contribution in [0.1, 0.15) is 17.5 Å². The highest BCUT2D eigenvalue weighted by atomic mass is 16.2. The van der Waals surface area contributed by atoms with Crippen molar-refractivity contribution < 1.29 is 4.79 Å². The maximum Gasteiger partial charge on any atom is 0.244 e. The van der Waals surface area contributed by atoms with Crippen LogP contribution < -0.4 is 10.2 Å². The van der Waals surface area contributed by atoms with Gasteiger partial charge in [-0.2, -0.15) is 0 Å². The van der Waals surface area contributed by atoms with Crippen LogP contribution in [0.2, 0.25) is 0 Å². The molecule has 1 fully saturated rings. The lowest BCUT2D eigenvalue weighted by Gasteiger charge is -2.18. The average molecular weight is 218 g/mol. The van der Waals surface area contributed by atoms with E-state index in [4.69, 9.17) is 0 Å². The molecule has 1 aromatic rings. The van der Waals surface area contributed by atoms with Crippen LogP contribution >= 0.6 is 0 Å². The van der Waals surface area contributed by atoms with Crippen molar-refractivity contribution in [2.45, 2.75) is 26.3 Å². The van der Waals surface area contributed by atoms with Crippen molar-refractivity contribution in [2.75, 3.05) is 18.5 Å². The Morgan fingerprint density at radius 2 is 1.88 bits per heavy atom. The maximum atomic E-state index is 12.0. The molecular weight excluding hydrogens is 200 g/mol. The minimum Gasteiger partial charge on any atom is -0.311 e. The molecule has 1 aliphatic rings. The van der Waals surface area contributed by atoms with E-state index in [1.165, 1.54) is 11.1 Å². The first-order valence-corrected chi connectivity index (χ1v) is 5.69. The third-order valence-electron chi connectivity index (χ3n) is 3.07. The third-order valence-corrected chi connectivity index (χ3v) is 3.07. The second-order valence-electron chi connectivity index (χ2n) is 4.47. The van der Waals surface area contributed by atoms with Crippen LogP contribution in [0.4, 0.5) is 5.69 Å². The predicted octanol–water partition coefficient (Wildman–Crippen LogP) is 1.63. The van der Waals surface area contributed by atoms with E-state index < -0.39 is 0 Å². The molecule has 2 rings (SSSR count). The molecule has 0 aromatic heterocycles. The number of anilines is 1. The number of aryl methyl sites for hydroxylation is 2. The summed E-state index contributed by atoms with van der Waals surface area (Å²) < 4.78 is 0. The van der Waals surface area contributed by atoms with Gasteiger partial charge in [-0.1, -0.05) is 6.07 Å². The lowest BCUT2D eigenvalue weighted by molar-refractivity contribution is -0.118. The number of carbonyl (C=O) groups excluding carboxylic acids is 1. The lowest BCUT2D eigenvalue weighted by Crippen LogP contribution is -2.36. The molecule has 1 amide bonds. The number of nitrogens with zero attached hydrogens (tertiary/aromatic N) is 1. The molecular formula is C13H18N2O. The standard InChI is InChI=1S/C13H18N2O/c1-9-6-10(2)8-11(7-9)15-5-4-12(14-3)13(15)16/h6-8,12,14H,4-5H2,1-3H3. The second kappa shape index (κ2) is 4.26. The zero-order valence-corrected chi connectivity index (χ0v) is 10.1. The van der Waals surface area contributed by atoms with E-state index in [2.05, 4.69) is 37.4 Å². The summed E-state index contributed by atoms with van der Waals surface area (Å²) in [5, 5.41) is 3.05. The highest BCUT2D eigenvalue weighted by molar-refractivity contribution is 5.99. The molecule has 1 atom stereocenters. The Labute approximate surface area is 96.5 Å². The van der Waals surface area contributed by atoms with Gasteiger partial charge in [-0.25, -0.2) is 0 Å². The summed E-state index contributed by atoms with van der Waals surface area (Å²) in [4.78, 5) is 13.9. The number of carbonyl (C=O) groups is 1. The highest BCUT2D eigenvalue weighted by Gasteiger charge is 2.31. The van der Waals surface area contributed by atoms with Gasteiger partial charge in [0.1, 0.15) is 0 Å². The van der Waals surface area contributed by atoms with Gasteiger partial charge in [0, 0.05) is 12.2 Å². The number of hydrogen-bond acceptors (Lipinski definition) is 2. The van der Waals surface area contributed by atoms with E-state index in [-0.39, 0.29) is 11.9 Å². The fourth-order valence-electron chi connectivity index (χ4n) is 2.31. The Morgan fingerprint density at radius 1 is 1.25 bits per heavy atom. The summed E-state index contributed by atoms with van der Waals surface area (Å²) in [5.74, 6) is 0.188. The molecule has 0 radical (unpaired) electrons. The Kier molecular flexibility index (Phi) is 2.97. The normalized spacial score (nSPS) is 20.6. The van der Waals surface area contributed by atoms with Crippen LogP contribution in [-0.2, 0) is 4.79 Å². The summed E-state index contributed by atoms with van der Waals surface area (Å²) in [5.41, 5.74) is 3.44. The van der Waals surface area contributed by atoms with Gasteiger partial charge >= 0.3 is 0 Å². The van der Waals surface area contributed by atoms with Crippen LogP contribution in [-0.4, -0.2) is 25.5 Å². The Hall–Kier alpha value is -1.35. The van der Waals surface area contributed by atoms with Crippen molar-refractivity contribution in [1.82, 2.24) is 5.32 Å². The van der Waals surface area contributed by atoms with Gasteiger partial charge in [-0.3, -0.25) is 4.79 Å². The van der Waals surface area contributed by atoms with Crippen molar-refractivity contribution in [2.24, 2.45) is 0 Å². The van der Waals surface area contributed by atoms with Crippen LogP contribution in [0, 0.1) is 13.8 Å². The molecule has 1 heterocycles. The lowest BCUT2D eigenvalue weighted by atomic mass is 10.1. The number of nitrogens with one attached hydrogen (secondary N) is 1. The van der Waals surface area contributed by atoms with Crippen LogP contribution in [0.5, 0.6) is 0 Å². The first-order chi connectivity index (χ1) is 7.61. The summed E-state index contributed by atoms with van der Waals surface area (Å²) in [6.45, 7) is 4.94. The first-order valence-electron chi connectivity index (χ1n) is 5.69. The molecule has 0 saturated carbocycles. The van der Waals surface area contributed by atoms with E-state index in [1.54, 1.807) is 0 Å². The molecule has 3 heteroatoms. The molecule has 1 saturated heterocycles. The minimum atomic E-state index is -0.0131. The van der Waals surface area contributed by atoms with Gasteiger partial charge in [0.2, 0.25) is 5.91 Å². The highest BCUT2D eigenvalue weighted by Crippen LogP contribution is 2.23. The van der Waals surface area contributed by atoms with Gasteiger partial charge in [0.25, 0.3) is 0 Å². The SMILES string of the molecule is CNC1CCN(c2cc(C)cc(C)c2)C1=O. The largest absolute Gasteiger partial charge is 0.311 e. The number of hydrogen-bond donors (Lipinski definition) is 1. The molecule has 0 spiro atoms.